The SMILES string of the molecule is CC[C@H](C)CCC(C)C.CCc1[nH]ncc1Br. The first-order chi connectivity index (χ1) is 8.01. The van der Waals surface area contributed by atoms with Gasteiger partial charge in [0.2, 0.25) is 0 Å². The number of H-pyrrole nitrogens is 1. The van der Waals surface area contributed by atoms with Crippen LogP contribution in [0.25, 0.3) is 0 Å². The van der Waals surface area contributed by atoms with Crippen molar-refractivity contribution in [3.63, 3.8) is 0 Å². The number of aromatic nitrogens is 2. The predicted molar refractivity (Wildman–Crippen MR) is 79.2 cm³/mol. The third kappa shape index (κ3) is 8.42. The summed E-state index contributed by atoms with van der Waals surface area (Å²) in [6, 6.07) is 0. The van der Waals surface area contributed by atoms with E-state index in [0.29, 0.717) is 0 Å². The minimum Gasteiger partial charge on any atom is -0.281 e. The second kappa shape index (κ2) is 9.69. The standard InChI is InChI=1S/C9H20.C5H7BrN2/c1-5-9(4)7-6-8(2)3;1-2-5-4(6)3-7-8-5/h8-9H,5-7H2,1-4H3;3H,2H2,1H3,(H,7,8)/t9-;/m0./s1. The molecule has 100 valence electrons. The zero-order chi connectivity index (χ0) is 13.3. The van der Waals surface area contributed by atoms with E-state index in [-0.39, 0.29) is 0 Å². The van der Waals surface area contributed by atoms with Crippen molar-refractivity contribution in [2.45, 2.75) is 60.3 Å². The van der Waals surface area contributed by atoms with Gasteiger partial charge < -0.3 is 0 Å². The summed E-state index contributed by atoms with van der Waals surface area (Å²) < 4.78 is 1.07. The van der Waals surface area contributed by atoms with Crippen LogP contribution in [0.5, 0.6) is 0 Å². The molecule has 0 unspecified atom stereocenters. The summed E-state index contributed by atoms with van der Waals surface area (Å²) in [7, 11) is 0. The molecule has 0 radical (unpaired) electrons. The van der Waals surface area contributed by atoms with Gasteiger partial charge in [-0.3, -0.25) is 5.10 Å². The van der Waals surface area contributed by atoms with Gasteiger partial charge in [0.15, 0.2) is 0 Å². The zero-order valence-corrected chi connectivity index (χ0v) is 13.5. The summed E-state index contributed by atoms with van der Waals surface area (Å²) in [6.45, 7) is 11.3. The molecule has 17 heavy (non-hydrogen) atoms. The van der Waals surface area contributed by atoms with Gasteiger partial charge >= 0.3 is 0 Å². The van der Waals surface area contributed by atoms with Crippen LogP contribution in [0.1, 0.15) is 59.6 Å². The Balaban J connectivity index is 0.000000302. The summed E-state index contributed by atoms with van der Waals surface area (Å²) in [5.74, 6) is 1.83. The topological polar surface area (TPSA) is 28.7 Å². The number of rotatable bonds is 5. The minimum atomic E-state index is 0.888. The molecular weight excluding hydrogens is 276 g/mol. The van der Waals surface area contributed by atoms with Gasteiger partial charge in [-0.25, -0.2) is 0 Å². The first-order valence-corrected chi connectivity index (χ1v) is 7.48. The number of hydrogen-bond acceptors (Lipinski definition) is 1. The molecule has 1 aromatic heterocycles. The molecule has 1 heterocycles. The Morgan fingerprint density at radius 1 is 1.24 bits per heavy atom. The van der Waals surface area contributed by atoms with E-state index < -0.39 is 0 Å². The smallest absolute Gasteiger partial charge is 0.0632 e. The number of halogens is 1. The third-order valence-corrected chi connectivity index (χ3v) is 3.64. The molecule has 0 amide bonds. The van der Waals surface area contributed by atoms with E-state index in [9.17, 15) is 0 Å². The van der Waals surface area contributed by atoms with Crippen LogP contribution >= 0.6 is 15.9 Å². The Kier molecular flexibility index (Phi) is 9.52. The second-order valence-corrected chi connectivity index (χ2v) is 5.89. The summed E-state index contributed by atoms with van der Waals surface area (Å²) in [6.07, 6.45) is 6.91. The van der Waals surface area contributed by atoms with Crippen LogP contribution in [-0.4, -0.2) is 10.2 Å². The van der Waals surface area contributed by atoms with Gasteiger partial charge in [0.1, 0.15) is 0 Å². The highest BCUT2D eigenvalue weighted by Crippen LogP contribution is 2.13. The average molecular weight is 303 g/mol. The number of aryl methyl sites for hydroxylation is 1. The van der Waals surface area contributed by atoms with Crippen molar-refractivity contribution in [2.75, 3.05) is 0 Å². The second-order valence-electron chi connectivity index (χ2n) is 5.03. The van der Waals surface area contributed by atoms with Gasteiger partial charge in [-0.2, -0.15) is 5.10 Å². The summed E-state index contributed by atoms with van der Waals surface area (Å²) in [5, 5.41) is 6.68. The van der Waals surface area contributed by atoms with E-state index >= 15 is 0 Å². The number of nitrogens with zero attached hydrogens (tertiary/aromatic N) is 1. The first kappa shape index (κ1) is 16.7. The van der Waals surface area contributed by atoms with Gasteiger partial charge in [-0.15, -0.1) is 0 Å². The van der Waals surface area contributed by atoms with Gasteiger partial charge in [0.05, 0.1) is 10.7 Å². The van der Waals surface area contributed by atoms with E-state index in [1.165, 1.54) is 19.3 Å². The van der Waals surface area contributed by atoms with Crippen LogP contribution in [-0.2, 0) is 6.42 Å². The van der Waals surface area contributed by atoms with Crippen LogP contribution in [0.4, 0.5) is 0 Å². The zero-order valence-electron chi connectivity index (χ0n) is 11.9. The molecule has 2 nitrogen and oxygen atoms in total. The van der Waals surface area contributed by atoms with E-state index in [1.807, 2.05) is 0 Å². The minimum absolute atomic E-state index is 0.888. The third-order valence-electron chi connectivity index (χ3n) is 2.95. The average Bonchev–Trinajstić information content (AvgIpc) is 2.72. The highest BCUT2D eigenvalue weighted by molar-refractivity contribution is 9.10. The molecule has 0 aliphatic carbocycles. The Bertz CT molecular complexity index is 282. The van der Waals surface area contributed by atoms with Crippen molar-refractivity contribution in [3.8, 4) is 0 Å². The molecule has 1 aromatic rings. The lowest BCUT2D eigenvalue weighted by molar-refractivity contribution is 0.441. The van der Waals surface area contributed by atoms with Crippen LogP contribution in [0.15, 0.2) is 10.7 Å². The van der Waals surface area contributed by atoms with Crippen molar-refractivity contribution in [3.05, 3.63) is 16.4 Å². The van der Waals surface area contributed by atoms with E-state index in [2.05, 4.69) is 60.7 Å². The van der Waals surface area contributed by atoms with Gasteiger partial charge in [-0.05, 0) is 34.2 Å². The fourth-order valence-corrected chi connectivity index (χ4v) is 1.84. The largest absolute Gasteiger partial charge is 0.281 e. The van der Waals surface area contributed by atoms with Crippen molar-refractivity contribution in [1.82, 2.24) is 10.2 Å². The molecular formula is C14H27BrN2. The normalized spacial score (nSPS) is 12.2. The molecule has 3 heteroatoms. The van der Waals surface area contributed by atoms with E-state index in [0.717, 1.165) is 28.4 Å². The van der Waals surface area contributed by atoms with Crippen LogP contribution < -0.4 is 0 Å². The molecule has 0 spiro atoms. The summed E-state index contributed by atoms with van der Waals surface area (Å²) in [5.41, 5.74) is 1.16. The van der Waals surface area contributed by atoms with Gasteiger partial charge in [0, 0.05) is 5.69 Å². The fourth-order valence-electron chi connectivity index (χ4n) is 1.37. The molecule has 0 saturated carbocycles. The number of nitrogens with one attached hydrogen (secondary N) is 1. The van der Waals surface area contributed by atoms with Gasteiger partial charge in [-0.1, -0.05) is 53.9 Å². The maximum Gasteiger partial charge on any atom is 0.0632 e. The predicted octanol–water partition coefficient (Wildman–Crippen LogP) is 5.20. The van der Waals surface area contributed by atoms with Crippen LogP contribution in [0, 0.1) is 11.8 Å². The lowest BCUT2D eigenvalue weighted by atomic mass is 9.98. The molecule has 1 rings (SSSR count). The molecule has 0 aromatic carbocycles. The molecule has 1 N–H and O–H groups in total. The van der Waals surface area contributed by atoms with Crippen molar-refractivity contribution >= 4 is 15.9 Å². The Hall–Kier alpha value is -0.310. The summed E-state index contributed by atoms with van der Waals surface area (Å²) >= 11 is 3.33. The highest BCUT2D eigenvalue weighted by Gasteiger charge is 1.99. The van der Waals surface area contributed by atoms with Crippen LogP contribution in [0.2, 0.25) is 0 Å². The van der Waals surface area contributed by atoms with Crippen LogP contribution in [0.3, 0.4) is 0 Å². The molecule has 0 aliphatic heterocycles. The molecule has 0 saturated heterocycles. The lowest BCUT2D eigenvalue weighted by Crippen LogP contribution is -1.95. The van der Waals surface area contributed by atoms with E-state index in [4.69, 9.17) is 0 Å². The summed E-state index contributed by atoms with van der Waals surface area (Å²) in [4.78, 5) is 0. The Morgan fingerprint density at radius 2 is 1.88 bits per heavy atom. The monoisotopic (exact) mass is 302 g/mol. The lowest BCUT2D eigenvalue weighted by Gasteiger charge is -2.09. The maximum atomic E-state index is 3.82. The van der Waals surface area contributed by atoms with Crippen molar-refractivity contribution in [1.29, 1.82) is 0 Å². The van der Waals surface area contributed by atoms with E-state index in [1.54, 1.807) is 6.20 Å². The Labute approximate surface area is 115 Å². The molecule has 0 fully saturated rings. The van der Waals surface area contributed by atoms with Gasteiger partial charge in [0.25, 0.3) is 0 Å². The van der Waals surface area contributed by atoms with Crippen molar-refractivity contribution in [2.24, 2.45) is 11.8 Å². The van der Waals surface area contributed by atoms with Crippen molar-refractivity contribution < 1.29 is 0 Å². The fraction of sp³-hybridized carbons (Fsp3) is 0.786. The Morgan fingerprint density at radius 3 is 2.18 bits per heavy atom. The number of aromatic amines is 1. The maximum absolute atomic E-state index is 3.82. The highest BCUT2D eigenvalue weighted by atomic mass is 79.9. The molecule has 0 bridgehead atoms. The molecule has 1 atom stereocenters. The molecule has 0 aliphatic rings. The quantitative estimate of drug-likeness (QED) is 0.795. The number of hydrogen-bond donors (Lipinski definition) is 1. The first-order valence-electron chi connectivity index (χ1n) is 6.68.